The zero-order valence-corrected chi connectivity index (χ0v) is 16.8. The van der Waals surface area contributed by atoms with E-state index in [0.29, 0.717) is 40.6 Å². The monoisotopic (exact) mass is 409 g/mol. The van der Waals surface area contributed by atoms with Gasteiger partial charge >= 0.3 is 0 Å². The van der Waals surface area contributed by atoms with Crippen LogP contribution in [0.5, 0.6) is 17.2 Å². The molecule has 0 fully saturated rings. The fraction of sp³-hybridized carbons (Fsp3) is 0.125. The van der Waals surface area contributed by atoms with Gasteiger partial charge in [-0.05, 0) is 30.3 Å². The first-order valence-electron chi connectivity index (χ1n) is 9.81. The third kappa shape index (κ3) is 3.55. The molecule has 0 saturated carbocycles. The van der Waals surface area contributed by atoms with Gasteiger partial charge in [0.1, 0.15) is 23.1 Å². The van der Waals surface area contributed by atoms with Crippen LogP contribution in [-0.4, -0.2) is 21.6 Å². The molecule has 0 saturated heterocycles. The summed E-state index contributed by atoms with van der Waals surface area (Å²) in [6, 6.07) is 13.2. The molecule has 2 aromatic heterocycles. The van der Waals surface area contributed by atoms with Crippen LogP contribution in [-0.2, 0) is 0 Å². The topological polar surface area (TPSA) is 109 Å². The standard InChI is InChI=1S/C24H19N5O2/c1-14-13-30-22-20(14)19(11-18-21(22)23(25)29-24(26)28-18)31-17-6-2-4-15(10-17)7-8-16-5-3-9-27-12-16/h2-6,9-12,14H,13H2,1H3,(H4,25,26,28,29). The van der Waals surface area contributed by atoms with E-state index in [1.165, 1.54) is 0 Å². The molecule has 0 bridgehead atoms. The molecule has 7 nitrogen and oxygen atoms in total. The Morgan fingerprint density at radius 2 is 1.90 bits per heavy atom. The van der Waals surface area contributed by atoms with Crippen molar-refractivity contribution in [2.45, 2.75) is 12.8 Å². The lowest BCUT2D eigenvalue weighted by Crippen LogP contribution is -2.02. The predicted molar refractivity (Wildman–Crippen MR) is 119 cm³/mol. The third-order valence-corrected chi connectivity index (χ3v) is 5.03. The molecule has 0 spiro atoms. The fourth-order valence-corrected chi connectivity index (χ4v) is 3.64. The van der Waals surface area contributed by atoms with Gasteiger partial charge in [-0.3, -0.25) is 4.98 Å². The second-order valence-corrected chi connectivity index (χ2v) is 7.31. The van der Waals surface area contributed by atoms with Crippen molar-refractivity contribution in [3.63, 3.8) is 0 Å². The summed E-state index contributed by atoms with van der Waals surface area (Å²) in [6.45, 7) is 2.61. The molecule has 7 heteroatoms. The van der Waals surface area contributed by atoms with Gasteiger partial charge in [-0.2, -0.15) is 4.98 Å². The summed E-state index contributed by atoms with van der Waals surface area (Å²) in [7, 11) is 0. The van der Waals surface area contributed by atoms with Crippen molar-refractivity contribution in [1.82, 2.24) is 15.0 Å². The van der Waals surface area contributed by atoms with Crippen LogP contribution < -0.4 is 20.9 Å². The van der Waals surface area contributed by atoms with E-state index in [4.69, 9.17) is 20.9 Å². The number of nitrogens with two attached hydrogens (primary N) is 2. The molecule has 0 amide bonds. The van der Waals surface area contributed by atoms with Gasteiger partial charge in [0.15, 0.2) is 0 Å². The number of hydrogen-bond acceptors (Lipinski definition) is 7. The van der Waals surface area contributed by atoms with E-state index in [0.717, 1.165) is 16.7 Å². The van der Waals surface area contributed by atoms with E-state index >= 15 is 0 Å². The lowest BCUT2D eigenvalue weighted by Gasteiger charge is -2.14. The Labute approximate surface area is 179 Å². The molecule has 4 N–H and O–H groups in total. The first kappa shape index (κ1) is 18.7. The van der Waals surface area contributed by atoms with E-state index in [9.17, 15) is 0 Å². The third-order valence-electron chi connectivity index (χ3n) is 5.03. The molecule has 152 valence electrons. The second-order valence-electron chi connectivity index (χ2n) is 7.31. The molecule has 1 atom stereocenters. The van der Waals surface area contributed by atoms with Crippen LogP contribution in [0.2, 0.25) is 0 Å². The molecular formula is C24H19N5O2. The van der Waals surface area contributed by atoms with Gasteiger partial charge in [0.05, 0.1) is 17.5 Å². The first-order chi connectivity index (χ1) is 15.1. The number of rotatable bonds is 2. The van der Waals surface area contributed by atoms with Crippen LogP contribution in [0.4, 0.5) is 11.8 Å². The number of nitrogen functional groups attached to an aromatic ring is 2. The first-order valence-corrected chi connectivity index (χ1v) is 9.81. The molecular weight excluding hydrogens is 390 g/mol. The summed E-state index contributed by atoms with van der Waals surface area (Å²) in [5, 5.41) is 0.664. The fourth-order valence-electron chi connectivity index (χ4n) is 3.64. The smallest absolute Gasteiger partial charge is 0.222 e. The molecule has 5 rings (SSSR count). The molecule has 31 heavy (non-hydrogen) atoms. The Balaban J connectivity index is 1.54. The summed E-state index contributed by atoms with van der Waals surface area (Å²) in [6.07, 6.45) is 3.45. The van der Waals surface area contributed by atoms with Crippen molar-refractivity contribution in [3.8, 4) is 29.1 Å². The SMILES string of the molecule is CC1COc2c1c(Oc1cccc(C#Cc3cccnc3)c1)cc1nc(N)nc(N)c21. The van der Waals surface area contributed by atoms with Crippen molar-refractivity contribution < 1.29 is 9.47 Å². The number of ether oxygens (including phenoxy) is 2. The van der Waals surface area contributed by atoms with E-state index in [1.807, 2.05) is 42.5 Å². The summed E-state index contributed by atoms with van der Waals surface area (Å²) in [5.74, 6) is 8.77. The number of hydrogen-bond donors (Lipinski definition) is 2. The van der Waals surface area contributed by atoms with Gasteiger partial charge in [0.2, 0.25) is 5.95 Å². The predicted octanol–water partition coefficient (Wildman–Crippen LogP) is 3.88. The Kier molecular flexibility index (Phi) is 4.53. The van der Waals surface area contributed by atoms with Crippen LogP contribution in [0.1, 0.15) is 29.5 Å². The quantitative estimate of drug-likeness (QED) is 0.484. The Bertz CT molecular complexity index is 1360. The molecule has 1 unspecified atom stereocenters. The van der Waals surface area contributed by atoms with E-state index in [1.54, 1.807) is 12.4 Å². The highest BCUT2D eigenvalue weighted by Gasteiger charge is 2.29. The van der Waals surface area contributed by atoms with Gasteiger partial charge in [0, 0.05) is 41.1 Å². The number of pyridine rings is 1. The van der Waals surface area contributed by atoms with Gasteiger partial charge in [-0.25, -0.2) is 4.98 Å². The van der Waals surface area contributed by atoms with Crippen molar-refractivity contribution in [2.24, 2.45) is 0 Å². The minimum atomic E-state index is 0.106. The van der Waals surface area contributed by atoms with E-state index in [2.05, 4.69) is 33.7 Å². The lowest BCUT2D eigenvalue weighted by molar-refractivity contribution is 0.340. The molecule has 1 aliphatic rings. The molecule has 4 aromatic rings. The number of benzene rings is 2. The highest BCUT2D eigenvalue weighted by Crippen LogP contribution is 2.47. The Morgan fingerprint density at radius 1 is 1.06 bits per heavy atom. The number of aromatic nitrogens is 3. The number of anilines is 2. The van der Waals surface area contributed by atoms with Crippen molar-refractivity contribution in [2.75, 3.05) is 18.1 Å². The summed E-state index contributed by atoms with van der Waals surface area (Å²) < 4.78 is 12.2. The highest BCUT2D eigenvalue weighted by molar-refractivity contribution is 5.97. The van der Waals surface area contributed by atoms with Crippen LogP contribution >= 0.6 is 0 Å². The normalized spacial score (nSPS) is 14.4. The minimum absolute atomic E-state index is 0.106. The summed E-state index contributed by atoms with van der Waals surface area (Å²) in [4.78, 5) is 12.5. The summed E-state index contributed by atoms with van der Waals surface area (Å²) >= 11 is 0. The van der Waals surface area contributed by atoms with Crippen LogP contribution in [0.15, 0.2) is 54.9 Å². The van der Waals surface area contributed by atoms with Crippen LogP contribution in [0.3, 0.4) is 0 Å². The minimum Gasteiger partial charge on any atom is -0.492 e. The van der Waals surface area contributed by atoms with Gasteiger partial charge in [-0.15, -0.1) is 0 Å². The zero-order chi connectivity index (χ0) is 21.4. The maximum atomic E-state index is 6.27. The van der Waals surface area contributed by atoms with Crippen molar-refractivity contribution in [1.29, 1.82) is 0 Å². The van der Waals surface area contributed by atoms with E-state index in [-0.39, 0.29) is 11.9 Å². The van der Waals surface area contributed by atoms with Gasteiger partial charge in [-0.1, -0.05) is 24.8 Å². The van der Waals surface area contributed by atoms with Crippen molar-refractivity contribution in [3.05, 3.63) is 71.5 Å². The molecule has 1 aliphatic heterocycles. The zero-order valence-electron chi connectivity index (χ0n) is 16.8. The molecule has 2 aromatic carbocycles. The molecule has 0 aliphatic carbocycles. The second kappa shape index (κ2) is 7.50. The largest absolute Gasteiger partial charge is 0.492 e. The van der Waals surface area contributed by atoms with Crippen LogP contribution in [0.25, 0.3) is 10.9 Å². The maximum absolute atomic E-state index is 6.27. The average Bonchev–Trinajstić information content (AvgIpc) is 3.14. The average molecular weight is 409 g/mol. The Hall–Kier alpha value is -4.31. The van der Waals surface area contributed by atoms with Crippen molar-refractivity contribution >= 4 is 22.7 Å². The lowest BCUT2D eigenvalue weighted by atomic mass is 9.99. The molecule has 0 radical (unpaired) electrons. The number of nitrogens with zero attached hydrogens (tertiary/aromatic N) is 3. The van der Waals surface area contributed by atoms with Gasteiger partial charge in [0.25, 0.3) is 0 Å². The highest BCUT2D eigenvalue weighted by atomic mass is 16.5. The molecule has 3 heterocycles. The van der Waals surface area contributed by atoms with Gasteiger partial charge < -0.3 is 20.9 Å². The number of fused-ring (bicyclic) bond motifs is 3. The van der Waals surface area contributed by atoms with Crippen LogP contribution in [0, 0.1) is 11.8 Å². The maximum Gasteiger partial charge on any atom is 0.222 e. The summed E-state index contributed by atoms with van der Waals surface area (Å²) in [5.41, 5.74) is 15.1. The Morgan fingerprint density at radius 3 is 2.74 bits per heavy atom. The van der Waals surface area contributed by atoms with E-state index < -0.39 is 0 Å².